The molecule has 2 N–H and O–H groups in total. The molecule has 1 aromatic carbocycles. The molecule has 2 heteroatoms. The molecule has 2 rings (SSSR count). The Kier molecular flexibility index (Phi) is 2.77. The molecule has 0 saturated carbocycles. The summed E-state index contributed by atoms with van der Waals surface area (Å²) in [7, 11) is 0. The van der Waals surface area contributed by atoms with Crippen LogP contribution >= 0.6 is 0 Å². The Morgan fingerprint density at radius 1 is 1.33 bits per heavy atom. The van der Waals surface area contributed by atoms with Crippen molar-refractivity contribution in [1.29, 1.82) is 0 Å². The van der Waals surface area contributed by atoms with Crippen molar-refractivity contribution in [1.82, 2.24) is 0 Å². The maximum atomic E-state index is 10.4. The number of hydrogen-bond donors (Lipinski definition) is 2. The number of benzene rings is 1. The lowest BCUT2D eigenvalue weighted by atomic mass is 9.79. The number of aliphatic hydroxyl groups is 2. The molecule has 0 aliphatic heterocycles. The van der Waals surface area contributed by atoms with Crippen LogP contribution in [0.1, 0.15) is 24.0 Å². The third-order valence-corrected chi connectivity index (χ3v) is 2.82. The van der Waals surface area contributed by atoms with Gasteiger partial charge in [-0.1, -0.05) is 36.1 Å². The van der Waals surface area contributed by atoms with Crippen LogP contribution < -0.4 is 0 Å². The quantitative estimate of drug-likeness (QED) is 0.621. The molecular weight excluding hydrogens is 188 g/mol. The molecule has 0 saturated heterocycles. The van der Waals surface area contributed by atoms with E-state index in [4.69, 9.17) is 5.11 Å². The van der Waals surface area contributed by atoms with Gasteiger partial charge in [-0.3, -0.25) is 0 Å². The van der Waals surface area contributed by atoms with E-state index >= 15 is 0 Å². The second-order valence-electron chi connectivity index (χ2n) is 3.83. The molecule has 1 aliphatic rings. The SMILES string of the molecule is OCC#CC1(O)CCCc2ccccc21. The zero-order valence-corrected chi connectivity index (χ0v) is 8.53. The van der Waals surface area contributed by atoms with Crippen LogP contribution in [0.2, 0.25) is 0 Å². The predicted octanol–water partition coefficient (Wildman–Crippen LogP) is 1.21. The van der Waals surface area contributed by atoms with Gasteiger partial charge < -0.3 is 10.2 Å². The van der Waals surface area contributed by atoms with Crippen molar-refractivity contribution in [3.63, 3.8) is 0 Å². The van der Waals surface area contributed by atoms with Gasteiger partial charge >= 0.3 is 0 Å². The summed E-state index contributed by atoms with van der Waals surface area (Å²) in [6.07, 6.45) is 2.59. The first kappa shape index (κ1) is 10.2. The van der Waals surface area contributed by atoms with Gasteiger partial charge in [-0.05, 0) is 30.4 Å². The van der Waals surface area contributed by atoms with Crippen molar-refractivity contribution in [3.05, 3.63) is 35.4 Å². The van der Waals surface area contributed by atoms with Gasteiger partial charge in [0.05, 0.1) is 0 Å². The summed E-state index contributed by atoms with van der Waals surface area (Å²) in [5.74, 6) is 5.31. The summed E-state index contributed by atoms with van der Waals surface area (Å²) < 4.78 is 0. The van der Waals surface area contributed by atoms with Crippen LogP contribution in [0.5, 0.6) is 0 Å². The summed E-state index contributed by atoms with van der Waals surface area (Å²) in [4.78, 5) is 0. The Morgan fingerprint density at radius 2 is 2.13 bits per heavy atom. The molecule has 0 radical (unpaired) electrons. The second kappa shape index (κ2) is 4.06. The largest absolute Gasteiger partial charge is 0.384 e. The minimum absolute atomic E-state index is 0.204. The lowest BCUT2D eigenvalue weighted by molar-refractivity contribution is 0.0802. The molecule has 1 atom stereocenters. The average molecular weight is 202 g/mol. The summed E-state index contributed by atoms with van der Waals surface area (Å²) in [5.41, 5.74) is 1.01. The van der Waals surface area contributed by atoms with Gasteiger partial charge in [-0.15, -0.1) is 0 Å². The van der Waals surface area contributed by atoms with Crippen LogP contribution in [0, 0.1) is 11.8 Å². The van der Waals surface area contributed by atoms with E-state index in [1.807, 2.05) is 24.3 Å². The fourth-order valence-corrected chi connectivity index (χ4v) is 2.13. The standard InChI is InChI=1S/C13H14O2/c14-10-4-9-13(15)8-3-6-11-5-1-2-7-12(11)13/h1-2,5,7,14-15H,3,6,8,10H2. The summed E-state index contributed by atoms with van der Waals surface area (Å²) >= 11 is 0. The molecule has 78 valence electrons. The van der Waals surface area contributed by atoms with Gasteiger partial charge in [-0.25, -0.2) is 0 Å². The van der Waals surface area contributed by atoms with Crippen molar-refractivity contribution in [2.45, 2.75) is 24.9 Å². The number of aryl methyl sites for hydroxylation is 1. The van der Waals surface area contributed by atoms with Crippen LogP contribution in [-0.4, -0.2) is 16.8 Å². The predicted molar refractivity (Wildman–Crippen MR) is 58.1 cm³/mol. The van der Waals surface area contributed by atoms with Crippen molar-refractivity contribution < 1.29 is 10.2 Å². The van der Waals surface area contributed by atoms with Crippen molar-refractivity contribution in [2.75, 3.05) is 6.61 Å². The molecule has 2 nitrogen and oxygen atoms in total. The highest BCUT2D eigenvalue weighted by Gasteiger charge is 2.31. The maximum Gasteiger partial charge on any atom is 0.151 e. The Bertz CT molecular complexity index is 414. The zero-order valence-electron chi connectivity index (χ0n) is 8.53. The van der Waals surface area contributed by atoms with Gasteiger partial charge in [0.2, 0.25) is 0 Å². The highest BCUT2D eigenvalue weighted by molar-refractivity contribution is 5.40. The molecule has 0 aromatic heterocycles. The second-order valence-corrected chi connectivity index (χ2v) is 3.83. The minimum Gasteiger partial charge on any atom is -0.384 e. The summed E-state index contributed by atoms with van der Waals surface area (Å²) in [5, 5.41) is 19.0. The monoisotopic (exact) mass is 202 g/mol. The molecule has 0 bridgehead atoms. The molecule has 1 aliphatic carbocycles. The van der Waals surface area contributed by atoms with Gasteiger partial charge in [0.25, 0.3) is 0 Å². The van der Waals surface area contributed by atoms with Crippen molar-refractivity contribution in [3.8, 4) is 11.8 Å². The first-order valence-electron chi connectivity index (χ1n) is 5.18. The van der Waals surface area contributed by atoms with Crippen LogP contribution in [0.4, 0.5) is 0 Å². The third kappa shape index (κ3) is 1.90. The summed E-state index contributed by atoms with van der Waals surface area (Å²) in [6.45, 7) is -0.204. The number of hydrogen-bond acceptors (Lipinski definition) is 2. The Hall–Kier alpha value is -1.30. The smallest absolute Gasteiger partial charge is 0.151 e. The zero-order chi connectivity index (χ0) is 10.7. The van der Waals surface area contributed by atoms with E-state index in [1.54, 1.807) is 0 Å². The third-order valence-electron chi connectivity index (χ3n) is 2.82. The summed E-state index contributed by atoms with van der Waals surface area (Å²) in [6, 6.07) is 7.83. The van der Waals surface area contributed by atoms with E-state index in [9.17, 15) is 5.11 Å². The molecular formula is C13H14O2. The lowest BCUT2D eigenvalue weighted by Crippen LogP contribution is -2.28. The van der Waals surface area contributed by atoms with Crippen LogP contribution in [0.15, 0.2) is 24.3 Å². The van der Waals surface area contributed by atoms with Crippen LogP contribution in [0.25, 0.3) is 0 Å². The highest BCUT2D eigenvalue weighted by Crippen LogP contribution is 2.34. The van der Waals surface area contributed by atoms with Gasteiger partial charge in [-0.2, -0.15) is 0 Å². The topological polar surface area (TPSA) is 40.5 Å². The Labute approximate surface area is 89.6 Å². The molecule has 1 aromatic rings. The molecule has 0 amide bonds. The molecule has 0 spiro atoms. The lowest BCUT2D eigenvalue weighted by Gasteiger charge is -2.29. The average Bonchev–Trinajstić information content (AvgIpc) is 2.27. The fraction of sp³-hybridized carbons (Fsp3) is 0.385. The molecule has 1 unspecified atom stereocenters. The van der Waals surface area contributed by atoms with Gasteiger partial charge in [0.1, 0.15) is 6.61 Å². The first-order chi connectivity index (χ1) is 7.26. The number of aliphatic hydroxyl groups excluding tert-OH is 1. The Balaban J connectivity index is 2.45. The van der Waals surface area contributed by atoms with Crippen molar-refractivity contribution in [2.24, 2.45) is 0 Å². The van der Waals surface area contributed by atoms with E-state index in [0.29, 0.717) is 6.42 Å². The van der Waals surface area contributed by atoms with E-state index in [-0.39, 0.29) is 6.61 Å². The van der Waals surface area contributed by atoms with E-state index < -0.39 is 5.60 Å². The van der Waals surface area contributed by atoms with E-state index in [0.717, 1.165) is 18.4 Å². The Morgan fingerprint density at radius 3 is 2.93 bits per heavy atom. The minimum atomic E-state index is -1.06. The molecule has 15 heavy (non-hydrogen) atoms. The maximum absolute atomic E-state index is 10.4. The number of rotatable bonds is 0. The van der Waals surface area contributed by atoms with Gasteiger partial charge in [0.15, 0.2) is 5.60 Å². The van der Waals surface area contributed by atoms with Gasteiger partial charge in [0, 0.05) is 0 Å². The fourth-order valence-electron chi connectivity index (χ4n) is 2.13. The first-order valence-corrected chi connectivity index (χ1v) is 5.18. The highest BCUT2D eigenvalue weighted by atomic mass is 16.3. The van der Waals surface area contributed by atoms with Crippen LogP contribution in [0.3, 0.4) is 0 Å². The normalized spacial score (nSPS) is 23.9. The molecule has 0 fully saturated rings. The van der Waals surface area contributed by atoms with Crippen molar-refractivity contribution >= 4 is 0 Å². The number of fused-ring (bicyclic) bond motifs is 1. The van der Waals surface area contributed by atoms with E-state index in [1.165, 1.54) is 5.56 Å². The molecule has 0 heterocycles. The van der Waals surface area contributed by atoms with E-state index in [2.05, 4.69) is 11.8 Å². The van der Waals surface area contributed by atoms with Crippen LogP contribution in [-0.2, 0) is 12.0 Å².